The highest BCUT2D eigenvalue weighted by Crippen LogP contribution is 2.21. The van der Waals surface area contributed by atoms with Gasteiger partial charge in [-0.3, -0.25) is 9.88 Å². The van der Waals surface area contributed by atoms with Gasteiger partial charge in [-0.1, -0.05) is 29.8 Å². The zero-order valence-corrected chi connectivity index (χ0v) is 13.5. The first-order valence-electron chi connectivity index (χ1n) is 7.64. The summed E-state index contributed by atoms with van der Waals surface area (Å²) < 4.78 is 0. The van der Waals surface area contributed by atoms with E-state index in [1.807, 2.05) is 29.3 Å². The fourth-order valence-electron chi connectivity index (χ4n) is 2.62. The van der Waals surface area contributed by atoms with Crippen LogP contribution in [0.5, 0.6) is 0 Å². The highest BCUT2D eigenvalue weighted by atomic mass is 35.5. The van der Waals surface area contributed by atoms with Gasteiger partial charge in [0.15, 0.2) is 0 Å². The Bertz CT molecular complexity index is 657. The number of aromatic nitrogens is 1. The number of nitrogens with one attached hydrogen (secondary N) is 1. The molecule has 2 heterocycles. The molecule has 0 aliphatic carbocycles. The van der Waals surface area contributed by atoms with Crippen LogP contribution in [0.1, 0.15) is 5.56 Å². The molecule has 1 aromatic heterocycles. The number of rotatable bonds is 3. The number of nitrogens with zero attached hydrogens (tertiary/aromatic N) is 3. The van der Waals surface area contributed by atoms with Crippen molar-refractivity contribution in [1.82, 2.24) is 14.8 Å². The van der Waals surface area contributed by atoms with Crippen LogP contribution in [0.3, 0.4) is 0 Å². The van der Waals surface area contributed by atoms with Crippen molar-refractivity contribution >= 4 is 23.3 Å². The van der Waals surface area contributed by atoms with Crippen LogP contribution >= 0.6 is 11.6 Å². The number of hydrogen-bond acceptors (Lipinski definition) is 3. The van der Waals surface area contributed by atoms with Crippen LogP contribution in [0.4, 0.5) is 10.5 Å². The third-order valence-electron chi connectivity index (χ3n) is 3.90. The summed E-state index contributed by atoms with van der Waals surface area (Å²) in [6.45, 7) is 3.98. The van der Waals surface area contributed by atoms with Gasteiger partial charge in [0.05, 0.1) is 10.7 Å². The molecule has 0 atom stereocenters. The molecule has 1 aromatic carbocycles. The summed E-state index contributed by atoms with van der Waals surface area (Å²) in [7, 11) is 0. The van der Waals surface area contributed by atoms with Gasteiger partial charge in [0, 0.05) is 45.1 Å². The van der Waals surface area contributed by atoms with Crippen LogP contribution in [0, 0.1) is 0 Å². The average molecular weight is 331 g/mol. The average Bonchev–Trinajstić information content (AvgIpc) is 2.58. The largest absolute Gasteiger partial charge is 0.322 e. The Hall–Kier alpha value is -2.11. The van der Waals surface area contributed by atoms with E-state index in [9.17, 15) is 4.79 Å². The number of para-hydroxylation sites is 1. The summed E-state index contributed by atoms with van der Waals surface area (Å²) in [5.74, 6) is 0. The van der Waals surface area contributed by atoms with Crippen molar-refractivity contribution < 1.29 is 4.79 Å². The molecule has 1 aliphatic heterocycles. The van der Waals surface area contributed by atoms with E-state index in [4.69, 9.17) is 11.6 Å². The lowest BCUT2D eigenvalue weighted by Gasteiger charge is -2.34. The Kier molecular flexibility index (Phi) is 5.10. The predicted octanol–water partition coefficient (Wildman–Crippen LogP) is 3.08. The second kappa shape index (κ2) is 7.44. The molecule has 1 aliphatic rings. The monoisotopic (exact) mass is 330 g/mol. The Morgan fingerprint density at radius 2 is 1.91 bits per heavy atom. The fourth-order valence-corrected chi connectivity index (χ4v) is 2.80. The molecule has 0 bridgehead atoms. The number of halogens is 1. The van der Waals surface area contributed by atoms with Crippen molar-refractivity contribution in [3.63, 3.8) is 0 Å². The molecule has 23 heavy (non-hydrogen) atoms. The van der Waals surface area contributed by atoms with E-state index in [0.717, 1.165) is 19.6 Å². The van der Waals surface area contributed by atoms with E-state index in [2.05, 4.69) is 21.3 Å². The standard InChI is InChI=1S/C17H19ClN4O/c18-15-5-1-2-6-16(15)20-17(23)22-10-8-21(9-11-22)13-14-4-3-7-19-12-14/h1-7,12H,8-11,13H2,(H,20,23). The Morgan fingerprint density at radius 1 is 1.13 bits per heavy atom. The van der Waals surface area contributed by atoms with Crippen LogP contribution < -0.4 is 5.32 Å². The van der Waals surface area contributed by atoms with Gasteiger partial charge in [0.2, 0.25) is 0 Å². The van der Waals surface area contributed by atoms with Gasteiger partial charge in [0.1, 0.15) is 0 Å². The highest BCUT2D eigenvalue weighted by Gasteiger charge is 2.21. The van der Waals surface area contributed by atoms with E-state index in [1.165, 1.54) is 5.56 Å². The molecule has 0 unspecified atom stereocenters. The number of urea groups is 1. The molecule has 0 radical (unpaired) electrons. The normalized spacial score (nSPS) is 15.4. The van der Waals surface area contributed by atoms with Crippen LogP contribution in [-0.4, -0.2) is 47.0 Å². The molecular formula is C17H19ClN4O. The zero-order chi connectivity index (χ0) is 16.1. The van der Waals surface area contributed by atoms with Gasteiger partial charge < -0.3 is 10.2 Å². The van der Waals surface area contributed by atoms with Crippen molar-refractivity contribution in [3.8, 4) is 0 Å². The van der Waals surface area contributed by atoms with E-state index >= 15 is 0 Å². The SMILES string of the molecule is O=C(Nc1ccccc1Cl)N1CCN(Cc2cccnc2)CC1. The maximum Gasteiger partial charge on any atom is 0.321 e. The van der Waals surface area contributed by atoms with Gasteiger partial charge >= 0.3 is 6.03 Å². The fraction of sp³-hybridized carbons (Fsp3) is 0.294. The number of hydrogen-bond donors (Lipinski definition) is 1. The van der Waals surface area contributed by atoms with Gasteiger partial charge in [-0.25, -0.2) is 4.79 Å². The van der Waals surface area contributed by atoms with Gasteiger partial charge in [0.25, 0.3) is 0 Å². The molecule has 0 spiro atoms. The summed E-state index contributed by atoms with van der Waals surface area (Å²) in [4.78, 5) is 20.6. The first-order valence-corrected chi connectivity index (χ1v) is 8.02. The van der Waals surface area contributed by atoms with Crippen molar-refractivity contribution in [2.45, 2.75) is 6.54 Å². The minimum absolute atomic E-state index is 0.0980. The smallest absolute Gasteiger partial charge is 0.321 e. The molecule has 2 amide bonds. The van der Waals surface area contributed by atoms with Gasteiger partial charge in [-0.2, -0.15) is 0 Å². The van der Waals surface area contributed by atoms with E-state index in [-0.39, 0.29) is 6.03 Å². The topological polar surface area (TPSA) is 48.5 Å². The number of carbonyl (C=O) groups excluding carboxylic acids is 1. The van der Waals surface area contributed by atoms with E-state index < -0.39 is 0 Å². The van der Waals surface area contributed by atoms with Crippen LogP contribution in [0.2, 0.25) is 5.02 Å². The molecule has 2 aromatic rings. The molecule has 1 fully saturated rings. The minimum Gasteiger partial charge on any atom is -0.322 e. The van der Waals surface area contributed by atoms with Crippen molar-refractivity contribution in [2.24, 2.45) is 0 Å². The summed E-state index contributed by atoms with van der Waals surface area (Å²) in [5.41, 5.74) is 1.85. The molecule has 3 rings (SSSR count). The number of amides is 2. The molecule has 1 N–H and O–H groups in total. The number of carbonyl (C=O) groups is 1. The Labute approximate surface area is 140 Å². The lowest BCUT2D eigenvalue weighted by atomic mass is 10.2. The maximum absolute atomic E-state index is 12.3. The number of benzene rings is 1. The van der Waals surface area contributed by atoms with Crippen LogP contribution in [0.15, 0.2) is 48.8 Å². The van der Waals surface area contributed by atoms with Crippen molar-refractivity contribution in [1.29, 1.82) is 0 Å². The summed E-state index contributed by atoms with van der Waals surface area (Å²) in [6.07, 6.45) is 3.66. The second-order valence-electron chi connectivity index (χ2n) is 5.53. The van der Waals surface area contributed by atoms with Crippen LogP contribution in [0.25, 0.3) is 0 Å². The summed E-state index contributed by atoms with van der Waals surface area (Å²) >= 11 is 6.07. The van der Waals surface area contributed by atoms with E-state index in [0.29, 0.717) is 23.8 Å². The Morgan fingerprint density at radius 3 is 2.61 bits per heavy atom. The second-order valence-corrected chi connectivity index (χ2v) is 5.94. The minimum atomic E-state index is -0.0980. The number of piperazine rings is 1. The molecular weight excluding hydrogens is 312 g/mol. The van der Waals surface area contributed by atoms with Crippen molar-refractivity contribution in [3.05, 3.63) is 59.4 Å². The zero-order valence-electron chi connectivity index (χ0n) is 12.8. The van der Waals surface area contributed by atoms with Crippen molar-refractivity contribution in [2.75, 3.05) is 31.5 Å². The predicted molar refractivity (Wildman–Crippen MR) is 91.6 cm³/mol. The maximum atomic E-state index is 12.3. The highest BCUT2D eigenvalue weighted by molar-refractivity contribution is 6.33. The molecule has 6 heteroatoms. The molecule has 0 saturated carbocycles. The quantitative estimate of drug-likeness (QED) is 0.940. The third kappa shape index (κ3) is 4.21. The summed E-state index contributed by atoms with van der Waals surface area (Å²) in [5, 5.41) is 3.42. The third-order valence-corrected chi connectivity index (χ3v) is 4.23. The molecule has 5 nitrogen and oxygen atoms in total. The first kappa shape index (κ1) is 15.8. The molecule has 1 saturated heterocycles. The van der Waals surface area contributed by atoms with Crippen LogP contribution in [-0.2, 0) is 6.54 Å². The summed E-state index contributed by atoms with van der Waals surface area (Å²) in [6, 6.07) is 11.2. The number of anilines is 1. The number of pyridine rings is 1. The lowest BCUT2D eigenvalue weighted by molar-refractivity contribution is 0.143. The van der Waals surface area contributed by atoms with E-state index in [1.54, 1.807) is 18.3 Å². The van der Waals surface area contributed by atoms with Gasteiger partial charge in [-0.15, -0.1) is 0 Å². The molecule has 120 valence electrons. The lowest BCUT2D eigenvalue weighted by Crippen LogP contribution is -2.49. The van der Waals surface area contributed by atoms with Gasteiger partial charge in [-0.05, 0) is 23.8 Å². The first-order chi connectivity index (χ1) is 11.2. The Balaban J connectivity index is 1.50.